The SMILES string of the molecule is NNc1cn2ccnc2c(N2CCCCC2CCO)n1. The molecule has 0 bridgehead atoms. The molecule has 0 aliphatic carbocycles. The van der Waals surface area contributed by atoms with Crippen LogP contribution in [0.5, 0.6) is 0 Å². The first-order chi connectivity index (χ1) is 9.83. The Balaban J connectivity index is 2.04. The van der Waals surface area contributed by atoms with Gasteiger partial charge in [0, 0.05) is 31.6 Å². The Morgan fingerprint density at radius 1 is 1.45 bits per heavy atom. The lowest BCUT2D eigenvalue weighted by Crippen LogP contribution is -2.41. The second kappa shape index (κ2) is 5.64. The van der Waals surface area contributed by atoms with Gasteiger partial charge in [-0.05, 0) is 25.7 Å². The number of piperidine rings is 1. The van der Waals surface area contributed by atoms with Crippen LogP contribution in [0.3, 0.4) is 0 Å². The minimum Gasteiger partial charge on any atom is -0.396 e. The van der Waals surface area contributed by atoms with Crippen molar-refractivity contribution in [3.63, 3.8) is 0 Å². The van der Waals surface area contributed by atoms with E-state index in [1.165, 1.54) is 6.42 Å². The van der Waals surface area contributed by atoms with Gasteiger partial charge in [-0.25, -0.2) is 15.8 Å². The van der Waals surface area contributed by atoms with Crippen LogP contribution in [-0.2, 0) is 0 Å². The molecule has 7 nitrogen and oxygen atoms in total. The van der Waals surface area contributed by atoms with Gasteiger partial charge in [0.2, 0.25) is 0 Å². The van der Waals surface area contributed by atoms with Crippen molar-refractivity contribution < 1.29 is 5.11 Å². The maximum Gasteiger partial charge on any atom is 0.180 e. The van der Waals surface area contributed by atoms with Gasteiger partial charge in [0.1, 0.15) is 0 Å². The molecule has 3 heterocycles. The quantitative estimate of drug-likeness (QED) is 0.564. The van der Waals surface area contributed by atoms with Gasteiger partial charge in [0.05, 0.1) is 6.20 Å². The number of fused-ring (bicyclic) bond motifs is 1. The van der Waals surface area contributed by atoms with Crippen LogP contribution in [-0.4, -0.2) is 38.7 Å². The Morgan fingerprint density at radius 2 is 2.35 bits per heavy atom. The number of hydrogen-bond donors (Lipinski definition) is 3. The smallest absolute Gasteiger partial charge is 0.180 e. The molecule has 7 heteroatoms. The van der Waals surface area contributed by atoms with Gasteiger partial charge in [-0.3, -0.25) is 0 Å². The minimum absolute atomic E-state index is 0.195. The Bertz CT molecular complexity index is 581. The van der Waals surface area contributed by atoms with E-state index in [9.17, 15) is 5.11 Å². The number of aliphatic hydroxyl groups is 1. The minimum atomic E-state index is 0.195. The predicted octanol–water partition coefficient (Wildman–Crippen LogP) is 0.756. The van der Waals surface area contributed by atoms with Crippen LogP contribution < -0.4 is 16.2 Å². The van der Waals surface area contributed by atoms with Gasteiger partial charge in [0.25, 0.3) is 0 Å². The second-order valence-corrected chi connectivity index (χ2v) is 5.11. The Labute approximate surface area is 117 Å². The van der Waals surface area contributed by atoms with E-state index in [0.29, 0.717) is 11.9 Å². The Morgan fingerprint density at radius 3 is 3.15 bits per heavy atom. The van der Waals surface area contributed by atoms with Crippen molar-refractivity contribution in [2.45, 2.75) is 31.7 Å². The number of anilines is 2. The maximum absolute atomic E-state index is 9.26. The van der Waals surface area contributed by atoms with Crippen molar-refractivity contribution in [3.05, 3.63) is 18.6 Å². The monoisotopic (exact) mass is 276 g/mol. The van der Waals surface area contributed by atoms with Crippen LogP contribution in [0.4, 0.5) is 11.6 Å². The van der Waals surface area contributed by atoms with Crippen LogP contribution in [0.15, 0.2) is 18.6 Å². The summed E-state index contributed by atoms with van der Waals surface area (Å²) >= 11 is 0. The fourth-order valence-electron chi connectivity index (χ4n) is 2.91. The average molecular weight is 276 g/mol. The molecular formula is C13H20N6O. The second-order valence-electron chi connectivity index (χ2n) is 5.11. The summed E-state index contributed by atoms with van der Waals surface area (Å²) in [5, 5.41) is 9.26. The molecule has 108 valence electrons. The molecule has 0 saturated carbocycles. The highest BCUT2D eigenvalue weighted by atomic mass is 16.3. The molecule has 0 radical (unpaired) electrons. The third kappa shape index (κ3) is 2.30. The number of hydrogen-bond acceptors (Lipinski definition) is 6. The zero-order valence-corrected chi connectivity index (χ0v) is 11.4. The van der Waals surface area contributed by atoms with E-state index in [1.54, 1.807) is 6.20 Å². The first-order valence-corrected chi connectivity index (χ1v) is 7.01. The van der Waals surface area contributed by atoms with Gasteiger partial charge in [0.15, 0.2) is 17.3 Å². The molecule has 0 spiro atoms. The van der Waals surface area contributed by atoms with Gasteiger partial charge in [-0.1, -0.05) is 0 Å². The number of aliphatic hydroxyl groups excluding tert-OH is 1. The first kappa shape index (κ1) is 13.1. The molecule has 0 amide bonds. The van der Waals surface area contributed by atoms with Crippen molar-refractivity contribution >= 4 is 17.3 Å². The number of rotatable bonds is 4. The van der Waals surface area contributed by atoms with Crippen LogP contribution in [0.25, 0.3) is 5.65 Å². The number of nitrogens with two attached hydrogens (primary N) is 1. The molecule has 1 atom stereocenters. The first-order valence-electron chi connectivity index (χ1n) is 7.01. The topological polar surface area (TPSA) is 91.7 Å². The van der Waals surface area contributed by atoms with Crippen molar-refractivity contribution in [1.29, 1.82) is 0 Å². The Hall–Kier alpha value is -1.86. The summed E-state index contributed by atoms with van der Waals surface area (Å²) in [6.45, 7) is 1.13. The van der Waals surface area contributed by atoms with Gasteiger partial charge in [-0.2, -0.15) is 0 Å². The van der Waals surface area contributed by atoms with Crippen LogP contribution in [0.2, 0.25) is 0 Å². The summed E-state index contributed by atoms with van der Waals surface area (Å²) in [4.78, 5) is 11.2. The molecule has 4 N–H and O–H groups in total. The molecule has 20 heavy (non-hydrogen) atoms. The van der Waals surface area contributed by atoms with E-state index < -0.39 is 0 Å². The highest BCUT2D eigenvalue weighted by Gasteiger charge is 2.25. The molecule has 1 unspecified atom stereocenters. The van der Waals surface area contributed by atoms with Crippen molar-refractivity contribution in [2.75, 3.05) is 23.5 Å². The summed E-state index contributed by atoms with van der Waals surface area (Å²) in [6, 6.07) is 0.315. The highest BCUT2D eigenvalue weighted by Crippen LogP contribution is 2.28. The summed E-state index contributed by atoms with van der Waals surface area (Å²) in [5.74, 6) is 6.94. The number of nitrogens with zero attached hydrogens (tertiary/aromatic N) is 4. The maximum atomic E-state index is 9.26. The van der Waals surface area contributed by atoms with Crippen LogP contribution in [0, 0.1) is 0 Å². The van der Waals surface area contributed by atoms with E-state index in [2.05, 4.69) is 20.3 Å². The standard InChI is InChI=1S/C13H20N6O/c14-17-11-9-18-7-5-15-12(18)13(16-11)19-6-2-1-3-10(19)4-8-20/h5,7,9-10,17,20H,1-4,6,8,14H2. The summed E-state index contributed by atoms with van der Waals surface area (Å²) < 4.78 is 1.92. The highest BCUT2D eigenvalue weighted by molar-refractivity contribution is 5.67. The fraction of sp³-hybridized carbons (Fsp3) is 0.538. The third-order valence-electron chi connectivity index (χ3n) is 3.87. The fourth-order valence-corrected chi connectivity index (χ4v) is 2.91. The number of imidazole rings is 1. The normalized spacial score (nSPS) is 19.5. The summed E-state index contributed by atoms with van der Waals surface area (Å²) in [5.41, 5.74) is 3.43. The van der Waals surface area contributed by atoms with E-state index in [4.69, 9.17) is 5.84 Å². The van der Waals surface area contributed by atoms with Crippen LogP contribution >= 0.6 is 0 Å². The molecule has 2 aromatic heterocycles. The van der Waals surface area contributed by atoms with Gasteiger partial charge < -0.3 is 19.8 Å². The third-order valence-corrected chi connectivity index (χ3v) is 3.87. The van der Waals surface area contributed by atoms with Gasteiger partial charge >= 0.3 is 0 Å². The molecule has 1 fully saturated rings. The molecular weight excluding hydrogens is 256 g/mol. The lowest BCUT2D eigenvalue weighted by molar-refractivity contribution is 0.262. The zero-order chi connectivity index (χ0) is 13.9. The zero-order valence-electron chi connectivity index (χ0n) is 11.4. The molecule has 1 aliphatic heterocycles. The lowest BCUT2D eigenvalue weighted by Gasteiger charge is -2.36. The van der Waals surface area contributed by atoms with E-state index in [0.717, 1.165) is 37.3 Å². The molecule has 3 rings (SSSR count). The largest absolute Gasteiger partial charge is 0.396 e. The molecule has 1 saturated heterocycles. The molecule has 2 aromatic rings. The van der Waals surface area contributed by atoms with E-state index in [1.807, 2.05) is 16.8 Å². The number of nitrogens with one attached hydrogen (secondary N) is 1. The van der Waals surface area contributed by atoms with E-state index in [-0.39, 0.29) is 6.61 Å². The average Bonchev–Trinajstić information content (AvgIpc) is 2.95. The van der Waals surface area contributed by atoms with Crippen LogP contribution in [0.1, 0.15) is 25.7 Å². The lowest BCUT2D eigenvalue weighted by atomic mass is 10.00. The number of nitrogen functional groups attached to an aromatic ring is 1. The predicted molar refractivity (Wildman–Crippen MR) is 77.5 cm³/mol. The summed E-state index contributed by atoms with van der Waals surface area (Å²) in [6.07, 6.45) is 9.62. The van der Waals surface area contributed by atoms with Crippen molar-refractivity contribution in [2.24, 2.45) is 5.84 Å². The molecule has 0 aromatic carbocycles. The number of aromatic nitrogens is 3. The molecule has 1 aliphatic rings. The van der Waals surface area contributed by atoms with Crippen molar-refractivity contribution in [1.82, 2.24) is 14.4 Å². The van der Waals surface area contributed by atoms with Crippen molar-refractivity contribution in [3.8, 4) is 0 Å². The van der Waals surface area contributed by atoms with Gasteiger partial charge in [-0.15, -0.1) is 0 Å². The van der Waals surface area contributed by atoms with E-state index >= 15 is 0 Å². The number of hydrazine groups is 1. The summed E-state index contributed by atoms with van der Waals surface area (Å²) in [7, 11) is 0. The Kier molecular flexibility index (Phi) is 3.70.